The van der Waals surface area contributed by atoms with Crippen molar-refractivity contribution < 1.29 is 24.1 Å². The molecule has 0 saturated heterocycles. The number of phenols is 1. The summed E-state index contributed by atoms with van der Waals surface area (Å²) in [6.07, 6.45) is 2.88. The molecule has 4 rings (SSSR count). The van der Waals surface area contributed by atoms with Gasteiger partial charge in [0.25, 0.3) is 5.56 Å². The fourth-order valence-corrected chi connectivity index (χ4v) is 5.29. The van der Waals surface area contributed by atoms with Gasteiger partial charge in [0.2, 0.25) is 0 Å². The van der Waals surface area contributed by atoms with E-state index in [9.17, 15) is 14.7 Å². The second kappa shape index (κ2) is 10.8. The maximum absolute atomic E-state index is 13.6. The topological polar surface area (TPSA) is 99.4 Å². The molecule has 1 atom stereocenters. The van der Waals surface area contributed by atoms with Gasteiger partial charge in [-0.15, -0.1) is 0 Å². The Labute approximate surface area is 220 Å². The van der Waals surface area contributed by atoms with Crippen molar-refractivity contribution in [3.63, 3.8) is 0 Å². The lowest BCUT2D eigenvalue weighted by Crippen LogP contribution is -2.39. The van der Waals surface area contributed by atoms with Gasteiger partial charge in [0.15, 0.2) is 16.3 Å². The predicted molar refractivity (Wildman–Crippen MR) is 138 cm³/mol. The van der Waals surface area contributed by atoms with E-state index in [2.05, 4.69) is 4.99 Å². The molecule has 1 aromatic heterocycles. The average Bonchev–Trinajstić information content (AvgIpc) is 3.17. The highest BCUT2D eigenvalue weighted by atomic mass is 35.5. The fourth-order valence-electron chi connectivity index (χ4n) is 3.82. The molecule has 11 heteroatoms. The number of hydrogen-bond acceptors (Lipinski definition) is 8. The molecule has 1 N–H and O–H groups in total. The first-order valence-electron chi connectivity index (χ1n) is 11.0. The van der Waals surface area contributed by atoms with E-state index < -0.39 is 17.6 Å². The number of carbonyl (C=O) groups excluding carboxylic acids is 1. The lowest BCUT2D eigenvalue weighted by Gasteiger charge is -2.23. The summed E-state index contributed by atoms with van der Waals surface area (Å²) in [5.74, 6) is 0.210. The molecular formula is C25H22Cl2N2O6S. The van der Waals surface area contributed by atoms with Crippen molar-refractivity contribution in [2.24, 2.45) is 4.99 Å². The van der Waals surface area contributed by atoms with Gasteiger partial charge < -0.3 is 19.3 Å². The number of carbonyl (C=O) groups is 1. The van der Waals surface area contributed by atoms with Crippen molar-refractivity contribution in [2.75, 3.05) is 20.3 Å². The van der Waals surface area contributed by atoms with Gasteiger partial charge in [-0.05, 0) is 49.8 Å². The monoisotopic (exact) mass is 548 g/mol. The third-order valence-corrected chi connectivity index (χ3v) is 6.86. The Morgan fingerprint density at radius 1 is 1.17 bits per heavy atom. The van der Waals surface area contributed by atoms with E-state index in [0.29, 0.717) is 40.1 Å². The van der Waals surface area contributed by atoms with E-state index in [0.717, 1.165) is 11.3 Å². The highest BCUT2D eigenvalue weighted by molar-refractivity contribution is 7.07. The van der Waals surface area contributed by atoms with Crippen molar-refractivity contribution in [3.8, 4) is 17.2 Å². The quantitative estimate of drug-likeness (QED) is 0.450. The lowest BCUT2D eigenvalue weighted by molar-refractivity contribution is -0.136. The largest absolute Gasteiger partial charge is 0.506 e. The summed E-state index contributed by atoms with van der Waals surface area (Å²) < 4.78 is 18.1. The zero-order valence-electron chi connectivity index (χ0n) is 19.6. The first kappa shape index (κ1) is 25.8. The third-order valence-electron chi connectivity index (χ3n) is 5.35. The maximum atomic E-state index is 13.6. The average molecular weight is 549 g/mol. The standard InChI is InChI=1S/C25H22Cl2N2O6S/c1-4-34-18-7-6-13(9-19(18)35-5-2)21-16(24(32)33-3)12-28-25-29(21)23(31)20(36-25)10-14-8-15(26)11-17(27)22(14)30/h6-12,21,30H,4-5H2,1-3H3/b20-10-/t21-/m1/s1. The minimum absolute atomic E-state index is 0.0604. The Morgan fingerprint density at radius 2 is 1.89 bits per heavy atom. The van der Waals surface area contributed by atoms with E-state index in [4.69, 9.17) is 37.4 Å². The molecule has 0 bridgehead atoms. The van der Waals surface area contributed by atoms with Crippen LogP contribution in [0.25, 0.3) is 6.08 Å². The number of thiazole rings is 1. The van der Waals surface area contributed by atoms with Crippen LogP contribution in [-0.4, -0.2) is 36.0 Å². The highest BCUT2D eigenvalue weighted by Crippen LogP contribution is 2.35. The fraction of sp³-hybridized carbons (Fsp3) is 0.240. The number of hydrogen-bond donors (Lipinski definition) is 1. The number of esters is 1. The van der Waals surface area contributed by atoms with Crippen LogP contribution in [-0.2, 0) is 9.53 Å². The minimum atomic E-state index is -0.831. The zero-order chi connectivity index (χ0) is 26.0. The number of aromatic hydroxyl groups is 1. The summed E-state index contributed by atoms with van der Waals surface area (Å²) in [7, 11) is 1.26. The Morgan fingerprint density at radius 3 is 2.58 bits per heavy atom. The second-order valence-corrected chi connectivity index (χ2v) is 9.43. The number of rotatable bonds is 7. The van der Waals surface area contributed by atoms with Crippen LogP contribution in [0.2, 0.25) is 10.0 Å². The molecule has 0 amide bonds. The van der Waals surface area contributed by atoms with Crippen LogP contribution in [0, 0.1) is 0 Å². The number of halogens is 2. The summed E-state index contributed by atoms with van der Waals surface area (Å²) in [4.78, 5) is 31.0. The van der Waals surface area contributed by atoms with Crippen LogP contribution < -0.4 is 24.4 Å². The molecular weight excluding hydrogens is 527 g/mol. The molecule has 188 valence electrons. The summed E-state index contributed by atoms with van der Waals surface area (Å²) in [6.45, 7) is 4.56. The molecule has 0 unspecified atom stereocenters. The van der Waals surface area contributed by atoms with Gasteiger partial charge in [0, 0.05) is 16.8 Å². The Balaban J connectivity index is 1.93. The van der Waals surface area contributed by atoms with Gasteiger partial charge in [-0.2, -0.15) is 0 Å². The van der Waals surface area contributed by atoms with Crippen molar-refractivity contribution >= 4 is 46.6 Å². The van der Waals surface area contributed by atoms with Gasteiger partial charge in [0.05, 0.1) is 41.5 Å². The Kier molecular flexibility index (Phi) is 7.73. The van der Waals surface area contributed by atoms with Gasteiger partial charge in [-0.1, -0.05) is 40.6 Å². The Bertz CT molecular complexity index is 1540. The van der Waals surface area contributed by atoms with Gasteiger partial charge >= 0.3 is 5.97 Å². The van der Waals surface area contributed by atoms with Crippen LogP contribution in [0.3, 0.4) is 0 Å². The molecule has 0 radical (unpaired) electrons. The number of nitrogens with zero attached hydrogens (tertiary/aromatic N) is 2. The molecule has 1 aliphatic rings. The summed E-state index contributed by atoms with van der Waals surface area (Å²) >= 11 is 13.2. The molecule has 3 aromatic rings. The van der Waals surface area contributed by atoms with Crippen LogP contribution in [0.5, 0.6) is 17.2 Å². The normalized spacial score (nSPS) is 15.1. The lowest BCUT2D eigenvalue weighted by atomic mass is 9.97. The van der Waals surface area contributed by atoms with Crippen molar-refractivity contribution in [2.45, 2.75) is 19.9 Å². The number of methoxy groups -OCH3 is 1. The van der Waals surface area contributed by atoms with E-state index in [1.165, 1.54) is 36.1 Å². The van der Waals surface area contributed by atoms with Crippen LogP contribution in [0.4, 0.5) is 0 Å². The van der Waals surface area contributed by atoms with E-state index in [1.807, 2.05) is 13.8 Å². The van der Waals surface area contributed by atoms with Gasteiger partial charge in [-0.3, -0.25) is 9.36 Å². The molecule has 0 aliphatic carbocycles. The van der Waals surface area contributed by atoms with Crippen LogP contribution >= 0.6 is 34.5 Å². The number of aromatic nitrogens is 1. The predicted octanol–water partition coefficient (Wildman–Crippen LogP) is 3.83. The van der Waals surface area contributed by atoms with E-state index in [-0.39, 0.29) is 26.4 Å². The summed E-state index contributed by atoms with van der Waals surface area (Å²) in [5.41, 5.74) is 0.647. The van der Waals surface area contributed by atoms with E-state index >= 15 is 0 Å². The molecule has 36 heavy (non-hydrogen) atoms. The molecule has 8 nitrogen and oxygen atoms in total. The van der Waals surface area contributed by atoms with Crippen LogP contribution in [0.15, 0.2) is 51.9 Å². The zero-order valence-corrected chi connectivity index (χ0v) is 21.9. The van der Waals surface area contributed by atoms with Crippen LogP contribution in [0.1, 0.15) is 31.0 Å². The minimum Gasteiger partial charge on any atom is -0.506 e. The molecule has 0 spiro atoms. The smallest absolute Gasteiger partial charge is 0.337 e. The summed E-state index contributed by atoms with van der Waals surface area (Å²) in [6, 6.07) is 7.31. The van der Waals surface area contributed by atoms with Crippen molar-refractivity contribution in [1.82, 2.24) is 4.57 Å². The first-order chi connectivity index (χ1) is 17.3. The first-order valence-corrected chi connectivity index (χ1v) is 12.5. The van der Waals surface area contributed by atoms with Crippen molar-refractivity contribution in [3.05, 3.63) is 83.0 Å². The molecule has 0 fully saturated rings. The second-order valence-electron chi connectivity index (χ2n) is 7.57. The molecule has 0 saturated carbocycles. The van der Waals surface area contributed by atoms with Gasteiger partial charge in [-0.25, -0.2) is 9.79 Å². The number of phenolic OH excluding ortho intramolecular Hbond substituents is 1. The van der Waals surface area contributed by atoms with Crippen molar-refractivity contribution in [1.29, 1.82) is 0 Å². The SMILES string of the molecule is CCOc1ccc([C@@H]2C(C(=O)OC)=CN=c3s/c(=C\c4cc(Cl)cc(Cl)c4O)c(=O)n32)cc1OCC. The van der Waals surface area contributed by atoms with E-state index in [1.54, 1.807) is 18.2 Å². The molecule has 2 heterocycles. The summed E-state index contributed by atoms with van der Waals surface area (Å²) in [5, 5.41) is 10.7. The maximum Gasteiger partial charge on any atom is 0.337 e. The Hall–Kier alpha value is -3.27. The molecule has 2 aromatic carbocycles. The van der Waals surface area contributed by atoms with Gasteiger partial charge in [0.1, 0.15) is 5.75 Å². The highest BCUT2D eigenvalue weighted by Gasteiger charge is 2.31. The number of benzene rings is 2. The molecule has 1 aliphatic heterocycles. The number of fused-ring (bicyclic) bond motifs is 1. The number of ether oxygens (including phenoxy) is 3. The third kappa shape index (κ3) is 4.86.